The zero-order chi connectivity index (χ0) is 19.2. The molecule has 1 aromatic carbocycles. The number of aromatic nitrogens is 2. The Hall–Kier alpha value is -2.92. The van der Waals surface area contributed by atoms with Crippen molar-refractivity contribution in [3.8, 4) is 0 Å². The van der Waals surface area contributed by atoms with Crippen molar-refractivity contribution in [2.24, 2.45) is 0 Å². The Morgan fingerprint density at radius 1 is 1.15 bits per heavy atom. The smallest absolute Gasteiger partial charge is 0.253 e. The van der Waals surface area contributed by atoms with Crippen molar-refractivity contribution < 1.29 is 4.79 Å². The number of carbonyl (C=O) groups excluding carboxylic acids is 1. The summed E-state index contributed by atoms with van der Waals surface area (Å²) < 4.78 is 0. The number of carbonyl (C=O) groups is 1. The summed E-state index contributed by atoms with van der Waals surface area (Å²) in [6.45, 7) is 4.55. The summed E-state index contributed by atoms with van der Waals surface area (Å²) in [6, 6.07) is 13.1. The van der Waals surface area contributed by atoms with Crippen LogP contribution >= 0.6 is 11.6 Å². The second-order valence-corrected chi connectivity index (χ2v) is 6.92. The summed E-state index contributed by atoms with van der Waals surface area (Å²) in [5, 5.41) is 6.82. The fourth-order valence-corrected chi connectivity index (χ4v) is 2.89. The maximum atomic E-state index is 12.7. The van der Waals surface area contributed by atoms with Crippen LogP contribution in [0.1, 0.15) is 41.3 Å². The number of rotatable bonds is 6. The Morgan fingerprint density at radius 2 is 1.93 bits per heavy atom. The van der Waals surface area contributed by atoms with E-state index in [0.29, 0.717) is 22.9 Å². The normalized spacial score (nSPS) is 10.7. The monoisotopic (exact) mass is 380 g/mol. The minimum Gasteiger partial charge on any atom is -0.348 e. The van der Waals surface area contributed by atoms with E-state index in [1.54, 1.807) is 18.6 Å². The first-order valence-corrected chi connectivity index (χ1v) is 9.10. The molecule has 2 N–H and O–H groups in total. The highest BCUT2D eigenvalue weighted by molar-refractivity contribution is 6.30. The molecule has 0 spiro atoms. The number of hydrogen-bond acceptors (Lipinski definition) is 4. The zero-order valence-electron chi connectivity index (χ0n) is 15.2. The Bertz CT molecular complexity index is 928. The predicted molar refractivity (Wildman–Crippen MR) is 108 cm³/mol. The lowest BCUT2D eigenvalue weighted by molar-refractivity contribution is 0.0949. The maximum absolute atomic E-state index is 12.7. The third-order valence-corrected chi connectivity index (χ3v) is 4.34. The van der Waals surface area contributed by atoms with Crippen molar-refractivity contribution in [2.75, 3.05) is 5.32 Å². The number of hydrogen-bond donors (Lipinski definition) is 2. The molecule has 0 aliphatic rings. The second kappa shape index (κ2) is 8.64. The average Bonchev–Trinajstić information content (AvgIpc) is 2.67. The molecular formula is C21H21ClN4O. The van der Waals surface area contributed by atoms with Gasteiger partial charge in [0.1, 0.15) is 5.82 Å². The first-order valence-electron chi connectivity index (χ1n) is 8.72. The fraction of sp³-hybridized carbons (Fsp3) is 0.190. The minimum atomic E-state index is -0.141. The standard InChI is InChI=1S/C21H21ClN4O/c1-14(2)18-11-20(26-17-5-3-4-16(22)10-17)24-13-19(18)21(27)25-12-15-6-8-23-9-7-15/h3-11,13-14H,12H2,1-2H3,(H,24,26)(H,25,27). The topological polar surface area (TPSA) is 66.9 Å². The predicted octanol–water partition coefficient (Wildman–Crippen LogP) is 4.93. The Kier molecular flexibility index (Phi) is 6.04. The van der Waals surface area contributed by atoms with Gasteiger partial charge in [0.15, 0.2) is 0 Å². The van der Waals surface area contributed by atoms with Crippen LogP contribution in [0.5, 0.6) is 0 Å². The van der Waals surface area contributed by atoms with Gasteiger partial charge in [0, 0.05) is 35.8 Å². The highest BCUT2D eigenvalue weighted by Gasteiger charge is 2.15. The molecule has 0 atom stereocenters. The van der Waals surface area contributed by atoms with E-state index in [1.807, 2.05) is 42.5 Å². The molecule has 3 aromatic rings. The van der Waals surface area contributed by atoms with E-state index >= 15 is 0 Å². The summed E-state index contributed by atoms with van der Waals surface area (Å²) in [7, 11) is 0. The van der Waals surface area contributed by atoms with Crippen LogP contribution in [0.3, 0.4) is 0 Å². The summed E-state index contributed by atoms with van der Waals surface area (Å²) in [5.41, 5.74) is 3.36. The summed E-state index contributed by atoms with van der Waals surface area (Å²) in [4.78, 5) is 21.0. The molecule has 0 radical (unpaired) electrons. The van der Waals surface area contributed by atoms with E-state index in [9.17, 15) is 4.79 Å². The highest BCUT2D eigenvalue weighted by Crippen LogP contribution is 2.25. The number of halogens is 1. The van der Waals surface area contributed by atoms with Gasteiger partial charge in [0.25, 0.3) is 5.91 Å². The molecule has 1 amide bonds. The van der Waals surface area contributed by atoms with Crippen molar-refractivity contribution >= 4 is 29.0 Å². The molecule has 0 saturated heterocycles. The van der Waals surface area contributed by atoms with Gasteiger partial charge in [-0.1, -0.05) is 31.5 Å². The highest BCUT2D eigenvalue weighted by atomic mass is 35.5. The summed E-state index contributed by atoms with van der Waals surface area (Å²) in [5.74, 6) is 0.707. The van der Waals surface area contributed by atoms with Gasteiger partial charge in [-0.25, -0.2) is 4.98 Å². The molecular weight excluding hydrogens is 360 g/mol. The molecule has 27 heavy (non-hydrogen) atoms. The van der Waals surface area contributed by atoms with Crippen molar-refractivity contribution in [1.82, 2.24) is 15.3 Å². The van der Waals surface area contributed by atoms with Gasteiger partial charge in [0.05, 0.1) is 5.56 Å². The minimum absolute atomic E-state index is 0.141. The quantitative estimate of drug-likeness (QED) is 0.636. The molecule has 2 aromatic heterocycles. The van der Waals surface area contributed by atoms with Crippen molar-refractivity contribution in [3.63, 3.8) is 0 Å². The molecule has 138 valence electrons. The first-order chi connectivity index (χ1) is 13.0. The van der Waals surface area contributed by atoms with Crippen molar-refractivity contribution in [1.29, 1.82) is 0 Å². The average molecular weight is 381 g/mol. The van der Waals surface area contributed by atoms with Gasteiger partial charge < -0.3 is 10.6 Å². The number of nitrogens with zero attached hydrogens (tertiary/aromatic N) is 2. The van der Waals surface area contributed by atoms with Crippen LogP contribution in [0.15, 0.2) is 61.1 Å². The molecule has 0 aliphatic carbocycles. The molecule has 3 rings (SSSR count). The van der Waals surface area contributed by atoms with E-state index in [4.69, 9.17) is 11.6 Å². The summed E-state index contributed by atoms with van der Waals surface area (Å²) in [6.07, 6.45) is 5.03. The molecule has 0 fully saturated rings. The number of anilines is 2. The van der Waals surface area contributed by atoms with Gasteiger partial charge in [-0.05, 0) is 53.4 Å². The van der Waals surface area contributed by atoms with E-state index < -0.39 is 0 Å². The largest absolute Gasteiger partial charge is 0.348 e. The molecule has 6 heteroatoms. The van der Waals surface area contributed by atoms with Crippen LogP contribution in [0.2, 0.25) is 5.02 Å². The van der Waals surface area contributed by atoms with Gasteiger partial charge in [0.2, 0.25) is 0 Å². The SMILES string of the molecule is CC(C)c1cc(Nc2cccc(Cl)c2)ncc1C(=O)NCc1ccncc1. The molecule has 0 bridgehead atoms. The lowest BCUT2D eigenvalue weighted by atomic mass is 9.98. The lowest BCUT2D eigenvalue weighted by Gasteiger charge is -2.15. The molecule has 0 unspecified atom stereocenters. The van der Waals surface area contributed by atoms with Crippen LogP contribution in [-0.2, 0) is 6.54 Å². The Balaban J connectivity index is 1.78. The summed E-state index contributed by atoms with van der Waals surface area (Å²) >= 11 is 6.03. The molecule has 0 aliphatic heterocycles. The van der Waals surface area contributed by atoms with Gasteiger partial charge in [-0.2, -0.15) is 0 Å². The van der Waals surface area contributed by atoms with Gasteiger partial charge >= 0.3 is 0 Å². The van der Waals surface area contributed by atoms with Gasteiger partial charge in [-0.3, -0.25) is 9.78 Å². The van der Waals surface area contributed by atoms with Crippen LogP contribution in [-0.4, -0.2) is 15.9 Å². The zero-order valence-corrected chi connectivity index (χ0v) is 16.0. The van der Waals surface area contributed by atoms with Crippen LogP contribution in [0.4, 0.5) is 11.5 Å². The maximum Gasteiger partial charge on any atom is 0.253 e. The molecule has 5 nitrogen and oxygen atoms in total. The van der Waals surface area contributed by atoms with E-state index in [1.165, 1.54) is 0 Å². The molecule has 2 heterocycles. The van der Waals surface area contributed by atoms with E-state index in [2.05, 4.69) is 34.4 Å². The third kappa shape index (κ3) is 5.05. The second-order valence-electron chi connectivity index (χ2n) is 6.48. The number of benzene rings is 1. The van der Waals surface area contributed by atoms with Crippen LogP contribution < -0.4 is 10.6 Å². The van der Waals surface area contributed by atoms with Crippen LogP contribution in [0, 0.1) is 0 Å². The van der Waals surface area contributed by atoms with Crippen molar-refractivity contribution in [2.45, 2.75) is 26.3 Å². The van der Waals surface area contributed by atoms with Gasteiger partial charge in [-0.15, -0.1) is 0 Å². The Morgan fingerprint density at radius 3 is 2.63 bits per heavy atom. The third-order valence-electron chi connectivity index (χ3n) is 4.10. The number of pyridine rings is 2. The van der Waals surface area contributed by atoms with E-state index in [0.717, 1.165) is 16.8 Å². The van der Waals surface area contributed by atoms with Crippen molar-refractivity contribution in [3.05, 3.63) is 82.8 Å². The fourth-order valence-electron chi connectivity index (χ4n) is 2.70. The van der Waals surface area contributed by atoms with E-state index in [-0.39, 0.29) is 11.8 Å². The molecule has 0 saturated carbocycles. The first kappa shape index (κ1) is 18.9. The number of amides is 1. The Labute approximate surface area is 163 Å². The van der Waals surface area contributed by atoms with Crippen LogP contribution in [0.25, 0.3) is 0 Å². The lowest BCUT2D eigenvalue weighted by Crippen LogP contribution is -2.24. The number of nitrogens with one attached hydrogen (secondary N) is 2.